The molecule has 2 aromatic rings. The molecule has 0 fully saturated rings. The fourth-order valence-electron chi connectivity index (χ4n) is 1.89. The van der Waals surface area contributed by atoms with E-state index in [0.717, 1.165) is 29.0 Å². The van der Waals surface area contributed by atoms with E-state index in [9.17, 15) is 0 Å². The Morgan fingerprint density at radius 3 is 2.70 bits per heavy atom. The number of thiophene rings is 1. The number of aliphatic hydroxyl groups excluding tert-OH is 1. The maximum absolute atomic E-state index is 8.73. The average Bonchev–Trinajstić information content (AvgIpc) is 2.92. The number of hydrogen-bond acceptors (Lipinski definition) is 3. The average molecular weight is 286 g/mol. The zero-order chi connectivity index (χ0) is 14.2. The van der Waals surface area contributed by atoms with Gasteiger partial charge < -0.3 is 9.84 Å². The molecular weight excluding hydrogens is 268 g/mol. The Hall–Kier alpha value is -1.76. The lowest BCUT2D eigenvalue weighted by molar-refractivity contribution is 0.309. The molecule has 0 aliphatic carbocycles. The molecule has 0 aliphatic rings. The van der Waals surface area contributed by atoms with Gasteiger partial charge in [0, 0.05) is 5.56 Å². The molecule has 1 aromatic carbocycles. The lowest BCUT2D eigenvalue weighted by Gasteiger charge is -2.06. The molecule has 20 heavy (non-hydrogen) atoms. The van der Waals surface area contributed by atoms with Gasteiger partial charge in [-0.3, -0.25) is 0 Å². The van der Waals surface area contributed by atoms with E-state index >= 15 is 0 Å². The highest BCUT2D eigenvalue weighted by Gasteiger charge is 2.03. The summed E-state index contributed by atoms with van der Waals surface area (Å²) >= 11 is 1.62. The Balaban J connectivity index is 1.96. The summed E-state index contributed by atoms with van der Waals surface area (Å²) in [4.78, 5) is 1.09. The Kier molecular flexibility index (Phi) is 5.67. The van der Waals surface area contributed by atoms with E-state index in [0.29, 0.717) is 6.61 Å². The largest absolute Gasteiger partial charge is 0.488 e. The highest BCUT2D eigenvalue weighted by atomic mass is 32.1. The van der Waals surface area contributed by atoms with Gasteiger partial charge in [0.2, 0.25) is 0 Å². The van der Waals surface area contributed by atoms with Crippen molar-refractivity contribution in [1.29, 1.82) is 0 Å². The maximum atomic E-state index is 8.73. The minimum Gasteiger partial charge on any atom is -0.488 e. The summed E-state index contributed by atoms with van der Waals surface area (Å²) in [5.41, 5.74) is 2.28. The molecular formula is C17H18O2S. The smallest absolute Gasteiger partial charge is 0.124 e. The summed E-state index contributed by atoms with van der Waals surface area (Å²) < 4.78 is 5.78. The summed E-state index contributed by atoms with van der Waals surface area (Å²) in [7, 11) is 0. The van der Waals surface area contributed by atoms with Crippen molar-refractivity contribution >= 4 is 11.3 Å². The fraction of sp³-hybridized carbons (Fsp3) is 0.294. The lowest BCUT2D eigenvalue weighted by atomic mass is 10.1. The topological polar surface area (TPSA) is 29.5 Å². The highest BCUT2D eigenvalue weighted by molar-refractivity contribution is 7.10. The molecule has 1 aromatic heterocycles. The SMILES string of the molecule is CCCc1ccc(OCc2sccc2C#CCO)cc1. The van der Waals surface area contributed by atoms with Gasteiger partial charge in [0.25, 0.3) is 0 Å². The molecule has 0 saturated carbocycles. The van der Waals surface area contributed by atoms with E-state index in [4.69, 9.17) is 9.84 Å². The van der Waals surface area contributed by atoms with E-state index in [1.54, 1.807) is 11.3 Å². The third-order valence-corrected chi connectivity index (χ3v) is 3.77. The van der Waals surface area contributed by atoms with Gasteiger partial charge in [-0.15, -0.1) is 11.3 Å². The molecule has 2 nitrogen and oxygen atoms in total. The molecule has 2 rings (SSSR count). The van der Waals surface area contributed by atoms with E-state index in [2.05, 4.69) is 30.9 Å². The van der Waals surface area contributed by atoms with Gasteiger partial charge >= 0.3 is 0 Å². The zero-order valence-corrected chi connectivity index (χ0v) is 12.4. The van der Waals surface area contributed by atoms with Crippen molar-refractivity contribution < 1.29 is 9.84 Å². The quantitative estimate of drug-likeness (QED) is 0.851. The number of aryl methyl sites for hydroxylation is 1. The van der Waals surface area contributed by atoms with Gasteiger partial charge in [0.05, 0.1) is 4.88 Å². The molecule has 0 spiro atoms. The second-order valence-corrected chi connectivity index (χ2v) is 5.40. The molecule has 104 valence electrons. The molecule has 0 amide bonds. The van der Waals surface area contributed by atoms with Gasteiger partial charge in [-0.1, -0.05) is 37.3 Å². The van der Waals surface area contributed by atoms with Crippen LogP contribution in [0, 0.1) is 11.8 Å². The number of ether oxygens (including phenoxy) is 1. The van der Waals surface area contributed by atoms with Crippen LogP contribution in [-0.4, -0.2) is 11.7 Å². The second kappa shape index (κ2) is 7.74. The first-order valence-corrected chi connectivity index (χ1v) is 7.59. The first-order chi connectivity index (χ1) is 9.83. The monoisotopic (exact) mass is 286 g/mol. The Morgan fingerprint density at radius 1 is 1.20 bits per heavy atom. The van der Waals surface area contributed by atoms with Crippen molar-refractivity contribution in [3.8, 4) is 17.6 Å². The molecule has 3 heteroatoms. The van der Waals surface area contributed by atoms with E-state index < -0.39 is 0 Å². The molecule has 0 bridgehead atoms. The van der Waals surface area contributed by atoms with Crippen molar-refractivity contribution in [3.63, 3.8) is 0 Å². The number of aliphatic hydroxyl groups is 1. The molecule has 1 N–H and O–H groups in total. The Morgan fingerprint density at radius 2 is 2.00 bits per heavy atom. The van der Waals surface area contributed by atoms with Crippen LogP contribution in [0.2, 0.25) is 0 Å². The first-order valence-electron chi connectivity index (χ1n) is 6.71. The molecule has 0 atom stereocenters. The fourth-order valence-corrected chi connectivity index (χ4v) is 2.63. The van der Waals surface area contributed by atoms with Crippen LogP contribution in [0.15, 0.2) is 35.7 Å². The van der Waals surface area contributed by atoms with E-state index in [1.165, 1.54) is 5.56 Å². The van der Waals surface area contributed by atoms with E-state index in [-0.39, 0.29) is 6.61 Å². The third-order valence-electron chi connectivity index (χ3n) is 2.88. The summed E-state index contributed by atoms with van der Waals surface area (Å²) in [6, 6.07) is 10.2. The summed E-state index contributed by atoms with van der Waals surface area (Å²) in [6.07, 6.45) is 2.26. The molecule has 1 heterocycles. The number of rotatable bonds is 5. The summed E-state index contributed by atoms with van der Waals surface area (Å²) in [5.74, 6) is 6.48. The maximum Gasteiger partial charge on any atom is 0.124 e. The molecule has 0 radical (unpaired) electrons. The Labute approximate surface area is 124 Å². The molecule has 0 saturated heterocycles. The van der Waals surface area contributed by atoms with Gasteiger partial charge in [-0.05, 0) is 35.6 Å². The number of benzene rings is 1. The van der Waals surface area contributed by atoms with Crippen molar-refractivity contribution in [1.82, 2.24) is 0 Å². The number of hydrogen-bond donors (Lipinski definition) is 1. The van der Waals surface area contributed by atoms with Crippen molar-refractivity contribution in [2.24, 2.45) is 0 Å². The van der Waals surface area contributed by atoms with Gasteiger partial charge in [0.1, 0.15) is 19.0 Å². The summed E-state index contributed by atoms with van der Waals surface area (Å²) in [6.45, 7) is 2.57. The van der Waals surface area contributed by atoms with Gasteiger partial charge in [0.15, 0.2) is 0 Å². The van der Waals surface area contributed by atoms with Crippen molar-refractivity contribution in [3.05, 3.63) is 51.7 Å². The zero-order valence-electron chi connectivity index (χ0n) is 11.6. The highest BCUT2D eigenvalue weighted by Crippen LogP contribution is 2.20. The predicted molar refractivity (Wildman–Crippen MR) is 83.1 cm³/mol. The minimum absolute atomic E-state index is 0.116. The van der Waals surface area contributed by atoms with Crippen LogP contribution in [0.3, 0.4) is 0 Å². The molecule has 0 unspecified atom stereocenters. The van der Waals surface area contributed by atoms with Gasteiger partial charge in [-0.2, -0.15) is 0 Å². The minimum atomic E-state index is -0.116. The third kappa shape index (κ3) is 4.12. The van der Waals surface area contributed by atoms with Crippen LogP contribution < -0.4 is 4.74 Å². The van der Waals surface area contributed by atoms with Crippen LogP contribution in [-0.2, 0) is 13.0 Å². The lowest BCUT2D eigenvalue weighted by Crippen LogP contribution is -1.95. The normalized spacial score (nSPS) is 9.90. The van der Waals surface area contributed by atoms with Crippen LogP contribution >= 0.6 is 11.3 Å². The Bertz CT molecular complexity index is 587. The second-order valence-electron chi connectivity index (χ2n) is 4.40. The van der Waals surface area contributed by atoms with Crippen molar-refractivity contribution in [2.45, 2.75) is 26.4 Å². The van der Waals surface area contributed by atoms with Crippen molar-refractivity contribution in [2.75, 3.05) is 6.61 Å². The van der Waals surface area contributed by atoms with Gasteiger partial charge in [-0.25, -0.2) is 0 Å². The predicted octanol–water partition coefficient (Wildman–Crippen LogP) is 3.62. The van der Waals surface area contributed by atoms with E-state index in [1.807, 2.05) is 23.6 Å². The first kappa shape index (κ1) is 14.6. The van der Waals surface area contributed by atoms with Crippen LogP contribution in [0.1, 0.15) is 29.3 Å². The van der Waals surface area contributed by atoms with Crippen LogP contribution in [0.4, 0.5) is 0 Å². The standard InChI is InChI=1S/C17H18O2S/c1-2-4-14-6-8-16(9-7-14)19-13-17-15(5-3-11-18)10-12-20-17/h6-10,12,18H,2,4,11,13H2,1H3. The molecule has 0 aliphatic heterocycles. The van der Waals surface area contributed by atoms with Crippen LogP contribution in [0.5, 0.6) is 5.75 Å². The summed E-state index contributed by atoms with van der Waals surface area (Å²) in [5, 5.41) is 10.7. The van der Waals surface area contributed by atoms with Crippen LogP contribution in [0.25, 0.3) is 0 Å².